The van der Waals surface area contributed by atoms with Crippen molar-refractivity contribution in [2.75, 3.05) is 6.61 Å². The lowest BCUT2D eigenvalue weighted by Crippen LogP contribution is -2.36. The van der Waals surface area contributed by atoms with Crippen LogP contribution in [-0.2, 0) is 19.1 Å². The molecular formula is C17H16N2O7. The summed E-state index contributed by atoms with van der Waals surface area (Å²) in [5, 5.41) is 21.0. The Bertz CT molecular complexity index is 841. The fourth-order valence-corrected chi connectivity index (χ4v) is 2.99. The lowest BCUT2D eigenvalue weighted by Gasteiger charge is -2.29. The highest BCUT2D eigenvalue weighted by atomic mass is 16.6. The molecule has 2 unspecified atom stereocenters. The molecule has 1 aliphatic rings. The fraction of sp³-hybridized carbons (Fsp3) is 0.294. The molecular weight excluding hydrogens is 344 g/mol. The zero-order valence-electron chi connectivity index (χ0n) is 14.0. The summed E-state index contributed by atoms with van der Waals surface area (Å²) in [6.07, 6.45) is 0.315. The van der Waals surface area contributed by atoms with Gasteiger partial charge in [-0.05, 0) is 13.8 Å². The van der Waals surface area contributed by atoms with E-state index in [1.807, 2.05) is 0 Å². The van der Waals surface area contributed by atoms with E-state index in [2.05, 4.69) is 4.99 Å². The summed E-state index contributed by atoms with van der Waals surface area (Å²) in [5.41, 5.74) is -0.876. The second kappa shape index (κ2) is 7.68. The highest BCUT2D eigenvalue weighted by molar-refractivity contribution is 6.09. The number of hydrogen-bond acceptors (Lipinski definition) is 7. The number of ether oxygens (including phenoxy) is 1. The molecule has 1 aromatic carbocycles. The van der Waals surface area contributed by atoms with Crippen molar-refractivity contribution in [3.63, 3.8) is 0 Å². The minimum atomic E-state index is -1.35. The highest BCUT2D eigenvalue weighted by Crippen LogP contribution is 2.42. The molecule has 1 aromatic rings. The number of nitro groups is 1. The van der Waals surface area contributed by atoms with Gasteiger partial charge in [0.2, 0.25) is 0 Å². The minimum Gasteiger partial charge on any atom is -0.481 e. The van der Waals surface area contributed by atoms with E-state index in [0.29, 0.717) is 6.29 Å². The molecule has 0 fully saturated rings. The van der Waals surface area contributed by atoms with Crippen LogP contribution in [0, 0.1) is 16.0 Å². The number of benzene rings is 1. The Morgan fingerprint density at radius 3 is 2.58 bits per heavy atom. The number of rotatable bonds is 6. The van der Waals surface area contributed by atoms with Gasteiger partial charge >= 0.3 is 11.9 Å². The van der Waals surface area contributed by atoms with E-state index in [9.17, 15) is 29.6 Å². The van der Waals surface area contributed by atoms with Gasteiger partial charge in [-0.1, -0.05) is 18.2 Å². The Morgan fingerprint density at radius 1 is 1.38 bits per heavy atom. The molecule has 1 aliphatic heterocycles. The number of carbonyl (C=O) groups excluding carboxylic acids is 2. The minimum absolute atomic E-state index is 0.00144. The third kappa shape index (κ3) is 3.37. The summed E-state index contributed by atoms with van der Waals surface area (Å²) in [5.74, 6) is -4.87. The average molecular weight is 360 g/mol. The van der Waals surface area contributed by atoms with Crippen LogP contribution < -0.4 is 0 Å². The van der Waals surface area contributed by atoms with Crippen LogP contribution in [0.2, 0.25) is 0 Å². The quantitative estimate of drug-likeness (QED) is 0.354. The van der Waals surface area contributed by atoms with Crippen molar-refractivity contribution < 1.29 is 29.2 Å². The molecule has 0 bridgehead atoms. The number of nitro benzene ring substituents is 1. The van der Waals surface area contributed by atoms with E-state index < -0.39 is 28.7 Å². The number of aliphatic imine (C=N–C) groups is 1. The van der Waals surface area contributed by atoms with Crippen molar-refractivity contribution in [3.8, 4) is 0 Å². The Balaban J connectivity index is 2.82. The van der Waals surface area contributed by atoms with Crippen molar-refractivity contribution in [1.29, 1.82) is 0 Å². The van der Waals surface area contributed by atoms with E-state index in [1.54, 1.807) is 6.92 Å². The lowest BCUT2D eigenvalue weighted by molar-refractivity contribution is -0.385. The highest BCUT2D eigenvalue weighted by Gasteiger charge is 2.44. The number of carbonyl (C=O) groups is 3. The standard InChI is InChI=1S/C17H16N2O7/c1-3-26-17(23)15-11(8-20)18-9(2)13(16(21)22)14(15)10-6-4-5-7-12(10)19(24)25/h4-8,13-14H,3H2,1-2H3,(H,21,22). The summed E-state index contributed by atoms with van der Waals surface area (Å²) < 4.78 is 4.94. The molecule has 0 radical (unpaired) electrons. The summed E-state index contributed by atoms with van der Waals surface area (Å²) in [4.78, 5) is 50.4. The van der Waals surface area contributed by atoms with Crippen LogP contribution in [0.5, 0.6) is 0 Å². The van der Waals surface area contributed by atoms with E-state index in [4.69, 9.17) is 4.74 Å². The second-order valence-corrected chi connectivity index (χ2v) is 5.50. The first-order valence-corrected chi connectivity index (χ1v) is 7.71. The fourth-order valence-electron chi connectivity index (χ4n) is 2.99. The molecule has 2 atom stereocenters. The normalized spacial score (nSPS) is 19.5. The summed E-state index contributed by atoms with van der Waals surface area (Å²) in [6.45, 7) is 2.93. The van der Waals surface area contributed by atoms with Gasteiger partial charge in [0, 0.05) is 23.3 Å². The maximum atomic E-state index is 12.4. The lowest BCUT2D eigenvalue weighted by atomic mass is 9.75. The van der Waals surface area contributed by atoms with Crippen LogP contribution in [0.3, 0.4) is 0 Å². The smallest absolute Gasteiger partial charge is 0.336 e. The van der Waals surface area contributed by atoms with E-state index in [1.165, 1.54) is 31.2 Å². The third-order valence-corrected chi connectivity index (χ3v) is 4.01. The first-order valence-electron chi connectivity index (χ1n) is 7.71. The van der Waals surface area contributed by atoms with Gasteiger partial charge in [-0.3, -0.25) is 24.7 Å². The largest absolute Gasteiger partial charge is 0.481 e. The number of aliphatic carboxylic acids is 1. The zero-order chi connectivity index (χ0) is 19.4. The Hall–Kier alpha value is -3.36. The number of nitrogens with zero attached hydrogens (tertiary/aromatic N) is 2. The van der Waals surface area contributed by atoms with Crippen molar-refractivity contribution in [1.82, 2.24) is 0 Å². The van der Waals surface area contributed by atoms with E-state index >= 15 is 0 Å². The molecule has 2 rings (SSSR count). The Kier molecular flexibility index (Phi) is 5.61. The number of carboxylic acid groups (broad SMARTS) is 1. The molecule has 9 heteroatoms. The average Bonchev–Trinajstić information content (AvgIpc) is 2.60. The Morgan fingerprint density at radius 2 is 2.04 bits per heavy atom. The number of para-hydroxylation sites is 1. The predicted octanol–water partition coefficient (Wildman–Crippen LogP) is 1.87. The second-order valence-electron chi connectivity index (χ2n) is 5.50. The summed E-state index contributed by atoms with van der Waals surface area (Å²) in [7, 11) is 0. The third-order valence-electron chi connectivity index (χ3n) is 4.01. The first kappa shape index (κ1) is 19.0. The van der Waals surface area contributed by atoms with E-state index in [-0.39, 0.29) is 34.8 Å². The molecule has 0 saturated heterocycles. The van der Waals surface area contributed by atoms with Gasteiger partial charge in [-0.25, -0.2) is 4.79 Å². The first-order chi connectivity index (χ1) is 12.3. The van der Waals surface area contributed by atoms with Crippen LogP contribution >= 0.6 is 0 Å². The summed E-state index contributed by atoms with van der Waals surface area (Å²) in [6, 6.07) is 5.49. The van der Waals surface area contributed by atoms with Crippen molar-refractivity contribution >= 4 is 29.6 Å². The zero-order valence-corrected chi connectivity index (χ0v) is 14.0. The molecule has 0 aromatic heterocycles. The Labute approximate surface area is 148 Å². The molecule has 0 amide bonds. The van der Waals surface area contributed by atoms with Crippen LogP contribution in [0.4, 0.5) is 5.69 Å². The number of carboxylic acids is 1. The molecule has 1 N–H and O–H groups in total. The van der Waals surface area contributed by atoms with Crippen molar-refractivity contribution in [2.45, 2.75) is 19.8 Å². The van der Waals surface area contributed by atoms with Crippen LogP contribution in [0.15, 0.2) is 40.5 Å². The maximum absolute atomic E-state index is 12.4. The van der Waals surface area contributed by atoms with Crippen molar-refractivity contribution in [3.05, 3.63) is 51.2 Å². The van der Waals surface area contributed by atoms with Gasteiger partial charge in [0.1, 0.15) is 11.6 Å². The SMILES string of the molecule is CCOC(=O)C1=C(C=O)N=C(C)C(C(=O)O)C1c1ccccc1[N+](=O)[O-]. The van der Waals surface area contributed by atoms with Crippen LogP contribution in [0.25, 0.3) is 0 Å². The molecule has 26 heavy (non-hydrogen) atoms. The molecule has 0 saturated carbocycles. The molecule has 0 aliphatic carbocycles. The number of aldehydes is 1. The number of allylic oxidation sites excluding steroid dienone is 1. The summed E-state index contributed by atoms with van der Waals surface area (Å²) >= 11 is 0. The molecule has 1 heterocycles. The van der Waals surface area contributed by atoms with Crippen LogP contribution in [-0.4, -0.2) is 40.6 Å². The van der Waals surface area contributed by atoms with Crippen LogP contribution in [0.1, 0.15) is 25.3 Å². The topological polar surface area (TPSA) is 136 Å². The van der Waals surface area contributed by atoms with Gasteiger partial charge in [-0.15, -0.1) is 0 Å². The predicted molar refractivity (Wildman–Crippen MR) is 89.8 cm³/mol. The monoisotopic (exact) mass is 360 g/mol. The van der Waals surface area contributed by atoms with Gasteiger partial charge in [-0.2, -0.15) is 0 Å². The molecule has 136 valence electrons. The van der Waals surface area contributed by atoms with Crippen molar-refractivity contribution in [2.24, 2.45) is 10.9 Å². The molecule has 9 nitrogen and oxygen atoms in total. The van der Waals surface area contributed by atoms with Gasteiger partial charge in [0.15, 0.2) is 6.29 Å². The number of esters is 1. The van der Waals surface area contributed by atoms with Gasteiger partial charge in [0.05, 0.1) is 17.1 Å². The molecule has 0 spiro atoms. The van der Waals surface area contributed by atoms with Gasteiger partial charge in [0.25, 0.3) is 5.69 Å². The maximum Gasteiger partial charge on any atom is 0.336 e. The van der Waals surface area contributed by atoms with Gasteiger partial charge < -0.3 is 9.84 Å². The number of hydrogen-bond donors (Lipinski definition) is 1. The van der Waals surface area contributed by atoms with E-state index in [0.717, 1.165) is 0 Å².